The van der Waals surface area contributed by atoms with Gasteiger partial charge in [-0.2, -0.15) is 0 Å². The molecule has 2 aromatic rings. The van der Waals surface area contributed by atoms with Crippen molar-refractivity contribution in [2.75, 3.05) is 19.1 Å². The summed E-state index contributed by atoms with van der Waals surface area (Å²) in [5, 5.41) is 3.50. The molecule has 134 valence electrons. The summed E-state index contributed by atoms with van der Waals surface area (Å²) in [6, 6.07) is 12.3. The third-order valence-electron chi connectivity index (χ3n) is 3.68. The van der Waals surface area contributed by atoms with E-state index in [1.165, 1.54) is 0 Å². The lowest BCUT2D eigenvalue weighted by Gasteiger charge is -2.16. The summed E-state index contributed by atoms with van der Waals surface area (Å²) in [5.41, 5.74) is 1.20. The van der Waals surface area contributed by atoms with Gasteiger partial charge in [-0.1, -0.05) is 41.4 Å². The van der Waals surface area contributed by atoms with Gasteiger partial charge < -0.3 is 10.1 Å². The Kier molecular flexibility index (Phi) is 5.76. The van der Waals surface area contributed by atoms with Crippen LogP contribution in [-0.4, -0.2) is 29.8 Å². The standard InChI is InChI=1S/C18H14Cl2N2O3S/c1-25-15-8-3-2-7-14(15)21-10-22-17(23)16(26-18(22)24)9-11-12(19)5-4-6-13(11)20/h2-9,21H,10H2,1H3. The molecule has 3 rings (SSSR count). The molecule has 0 aliphatic carbocycles. The number of anilines is 1. The van der Waals surface area contributed by atoms with Gasteiger partial charge in [-0.25, -0.2) is 0 Å². The first-order valence-electron chi connectivity index (χ1n) is 7.57. The molecule has 2 aromatic carbocycles. The van der Waals surface area contributed by atoms with Crippen molar-refractivity contribution in [2.45, 2.75) is 0 Å². The van der Waals surface area contributed by atoms with Crippen LogP contribution < -0.4 is 10.1 Å². The molecule has 26 heavy (non-hydrogen) atoms. The highest BCUT2D eigenvalue weighted by Gasteiger charge is 2.35. The topological polar surface area (TPSA) is 58.6 Å². The van der Waals surface area contributed by atoms with Gasteiger partial charge in [0.1, 0.15) is 5.75 Å². The SMILES string of the molecule is COc1ccccc1NCN1C(=O)SC(=Cc2c(Cl)cccc2Cl)C1=O. The predicted molar refractivity (Wildman–Crippen MR) is 106 cm³/mol. The maximum Gasteiger partial charge on any atom is 0.295 e. The molecule has 1 fully saturated rings. The third kappa shape index (κ3) is 3.82. The minimum Gasteiger partial charge on any atom is -0.495 e. The molecule has 1 aliphatic rings. The number of carbonyl (C=O) groups excluding carboxylic acids is 2. The molecule has 0 unspecified atom stereocenters. The van der Waals surface area contributed by atoms with Gasteiger partial charge in [0.2, 0.25) is 0 Å². The van der Waals surface area contributed by atoms with Crippen molar-refractivity contribution in [1.82, 2.24) is 4.90 Å². The number of halogens is 2. The molecule has 1 saturated heterocycles. The van der Waals surface area contributed by atoms with Gasteiger partial charge in [0.25, 0.3) is 11.1 Å². The quantitative estimate of drug-likeness (QED) is 0.696. The second-order valence-corrected chi connectivity index (χ2v) is 7.09. The summed E-state index contributed by atoms with van der Waals surface area (Å²) in [4.78, 5) is 26.2. The number of imide groups is 1. The van der Waals surface area contributed by atoms with E-state index in [2.05, 4.69) is 5.32 Å². The van der Waals surface area contributed by atoms with Crippen LogP contribution in [0.5, 0.6) is 5.75 Å². The normalized spacial score (nSPS) is 15.7. The van der Waals surface area contributed by atoms with Gasteiger partial charge in [-0.3, -0.25) is 14.5 Å². The lowest BCUT2D eigenvalue weighted by molar-refractivity contribution is -0.122. The van der Waals surface area contributed by atoms with Crippen LogP contribution in [0.3, 0.4) is 0 Å². The molecule has 8 heteroatoms. The Morgan fingerprint density at radius 2 is 1.81 bits per heavy atom. The summed E-state index contributed by atoms with van der Waals surface area (Å²) >= 11 is 13.1. The fraction of sp³-hybridized carbons (Fsp3) is 0.111. The molecule has 0 saturated carbocycles. The Morgan fingerprint density at radius 3 is 2.50 bits per heavy atom. The third-order valence-corrected chi connectivity index (χ3v) is 5.25. The van der Waals surface area contributed by atoms with Crippen LogP contribution in [0.1, 0.15) is 5.56 Å². The molecular weight excluding hydrogens is 395 g/mol. The number of hydrogen-bond acceptors (Lipinski definition) is 5. The summed E-state index contributed by atoms with van der Waals surface area (Å²) < 4.78 is 5.24. The number of para-hydroxylation sites is 2. The van der Waals surface area contributed by atoms with Crippen LogP contribution in [0.2, 0.25) is 10.0 Å². The van der Waals surface area contributed by atoms with Crippen molar-refractivity contribution in [3.8, 4) is 5.75 Å². The van der Waals surface area contributed by atoms with Crippen LogP contribution in [-0.2, 0) is 4.79 Å². The zero-order chi connectivity index (χ0) is 18.7. The summed E-state index contributed by atoms with van der Waals surface area (Å²) in [7, 11) is 1.55. The van der Waals surface area contributed by atoms with Crippen molar-refractivity contribution in [3.05, 3.63) is 63.0 Å². The fourth-order valence-electron chi connectivity index (χ4n) is 2.37. The number of nitrogens with one attached hydrogen (secondary N) is 1. The van der Waals surface area contributed by atoms with Crippen LogP contribution in [0, 0.1) is 0 Å². The van der Waals surface area contributed by atoms with Gasteiger partial charge in [0.05, 0.1) is 24.4 Å². The number of amides is 2. The van der Waals surface area contributed by atoms with Crippen molar-refractivity contribution in [3.63, 3.8) is 0 Å². The summed E-state index contributed by atoms with van der Waals surface area (Å²) in [6.07, 6.45) is 1.54. The van der Waals surface area contributed by atoms with Crippen molar-refractivity contribution < 1.29 is 14.3 Å². The zero-order valence-electron chi connectivity index (χ0n) is 13.7. The smallest absolute Gasteiger partial charge is 0.295 e. The van der Waals surface area contributed by atoms with E-state index in [9.17, 15) is 9.59 Å². The molecule has 1 heterocycles. The van der Waals surface area contributed by atoms with Gasteiger partial charge in [0, 0.05) is 15.6 Å². The number of methoxy groups -OCH3 is 1. The monoisotopic (exact) mass is 408 g/mol. The molecule has 0 atom stereocenters. The van der Waals surface area contributed by atoms with Gasteiger partial charge in [-0.05, 0) is 42.1 Å². The average molecular weight is 409 g/mol. The van der Waals surface area contributed by atoms with E-state index in [0.717, 1.165) is 16.7 Å². The lowest BCUT2D eigenvalue weighted by Crippen LogP contribution is -2.33. The molecule has 1 N–H and O–H groups in total. The molecule has 0 spiro atoms. The lowest BCUT2D eigenvalue weighted by atomic mass is 10.2. The minimum atomic E-state index is -0.404. The van der Waals surface area contributed by atoms with Crippen molar-refractivity contribution in [1.29, 1.82) is 0 Å². The van der Waals surface area contributed by atoms with Crippen LogP contribution >= 0.6 is 35.0 Å². The summed E-state index contributed by atoms with van der Waals surface area (Å²) in [5.74, 6) is 0.219. The molecule has 0 radical (unpaired) electrons. The molecular formula is C18H14Cl2N2O3S. The molecule has 0 bridgehead atoms. The second kappa shape index (κ2) is 8.03. The largest absolute Gasteiger partial charge is 0.495 e. The van der Waals surface area contributed by atoms with E-state index in [1.54, 1.807) is 43.5 Å². The Balaban J connectivity index is 1.78. The number of benzene rings is 2. The van der Waals surface area contributed by atoms with E-state index in [0.29, 0.717) is 27.0 Å². The first-order chi connectivity index (χ1) is 12.5. The number of carbonyl (C=O) groups is 2. The van der Waals surface area contributed by atoms with E-state index in [1.807, 2.05) is 12.1 Å². The number of ether oxygens (including phenoxy) is 1. The Labute approximate surface area is 164 Å². The minimum absolute atomic E-state index is 0.0264. The number of rotatable bonds is 5. The number of nitrogens with zero attached hydrogens (tertiary/aromatic N) is 1. The first-order valence-corrected chi connectivity index (χ1v) is 9.14. The maximum absolute atomic E-state index is 12.6. The molecule has 5 nitrogen and oxygen atoms in total. The predicted octanol–water partition coefficient (Wildman–Crippen LogP) is 5.11. The molecule has 0 aromatic heterocycles. The summed E-state index contributed by atoms with van der Waals surface area (Å²) in [6.45, 7) is 0.0264. The van der Waals surface area contributed by atoms with Crippen molar-refractivity contribution >= 4 is 57.9 Å². The second-order valence-electron chi connectivity index (χ2n) is 5.28. The fourth-order valence-corrected chi connectivity index (χ4v) is 3.70. The number of hydrogen-bond donors (Lipinski definition) is 1. The van der Waals surface area contributed by atoms with Crippen LogP contribution in [0.25, 0.3) is 6.08 Å². The highest BCUT2D eigenvalue weighted by molar-refractivity contribution is 8.18. The van der Waals surface area contributed by atoms with Gasteiger partial charge in [-0.15, -0.1) is 0 Å². The number of thioether (sulfide) groups is 1. The van der Waals surface area contributed by atoms with E-state index < -0.39 is 5.91 Å². The zero-order valence-corrected chi connectivity index (χ0v) is 16.0. The van der Waals surface area contributed by atoms with E-state index in [-0.39, 0.29) is 16.8 Å². The first kappa shape index (κ1) is 18.6. The Morgan fingerprint density at radius 1 is 1.12 bits per heavy atom. The highest BCUT2D eigenvalue weighted by atomic mass is 35.5. The van der Waals surface area contributed by atoms with Gasteiger partial charge >= 0.3 is 0 Å². The molecule has 2 amide bonds. The van der Waals surface area contributed by atoms with Crippen LogP contribution in [0.4, 0.5) is 10.5 Å². The highest BCUT2D eigenvalue weighted by Crippen LogP contribution is 2.35. The van der Waals surface area contributed by atoms with E-state index in [4.69, 9.17) is 27.9 Å². The maximum atomic E-state index is 12.6. The van der Waals surface area contributed by atoms with E-state index >= 15 is 0 Å². The average Bonchev–Trinajstić information content (AvgIpc) is 2.90. The Hall–Kier alpha value is -2.15. The Bertz CT molecular complexity index is 882. The van der Waals surface area contributed by atoms with Gasteiger partial charge in [0.15, 0.2) is 0 Å². The van der Waals surface area contributed by atoms with Crippen molar-refractivity contribution in [2.24, 2.45) is 0 Å². The molecule has 1 aliphatic heterocycles. The van der Waals surface area contributed by atoms with Crippen LogP contribution in [0.15, 0.2) is 47.4 Å².